The molecule has 0 spiro atoms. The van der Waals surface area contributed by atoms with Crippen LogP contribution in [0, 0.1) is 11.3 Å². The van der Waals surface area contributed by atoms with Crippen LogP contribution in [-0.4, -0.2) is 32.2 Å². The van der Waals surface area contributed by atoms with E-state index < -0.39 is 0 Å². The summed E-state index contributed by atoms with van der Waals surface area (Å²) in [6, 6.07) is 0. The van der Waals surface area contributed by atoms with Crippen molar-refractivity contribution < 1.29 is 4.74 Å². The van der Waals surface area contributed by atoms with Crippen LogP contribution in [0.25, 0.3) is 0 Å². The Morgan fingerprint density at radius 2 is 2.31 bits per heavy atom. The van der Waals surface area contributed by atoms with Gasteiger partial charge in [0.2, 0.25) is 0 Å². The van der Waals surface area contributed by atoms with Gasteiger partial charge in [0.1, 0.15) is 0 Å². The van der Waals surface area contributed by atoms with Crippen LogP contribution in [0.2, 0.25) is 0 Å². The van der Waals surface area contributed by atoms with Crippen molar-refractivity contribution >= 4 is 11.6 Å². The molecule has 0 aliphatic carbocycles. The summed E-state index contributed by atoms with van der Waals surface area (Å²) in [4.78, 5) is 0. The van der Waals surface area contributed by atoms with E-state index in [1.807, 2.05) is 0 Å². The Morgan fingerprint density at radius 3 is 2.85 bits per heavy atom. The zero-order valence-corrected chi connectivity index (χ0v) is 9.36. The fraction of sp³-hybridized carbons (Fsp3) is 1.00. The Bertz CT molecular complexity index is 144. The van der Waals surface area contributed by atoms with Gasteiger partial charge in [-0.3, -0.25) is 0 Å². The van der Waals surface area contributed by atoms with Gasteiger partial charge in [-0.25, -0.2) is 0 Å². The van der Waals surface area contributed by atoms with Crippen molar-refractivity contribution in [1.82, 2.24) is 5.32 Å². The third-order valence-corrected chi connectivity index (χ3v) is 3.15. The highest BCUT2D eigenvalue weighted by Crippen LogP contribution is 2.16. The molecular weight excluding hydrogens is 186 g/mol. The zero-order valence-electron chi connectivity index (χ0n) is 8.61. The summed E-state index contributed by atoms with van der Waals surface area (Å²) in [5.74, 6) is 1.42. The largest absolute Gasteiger partial charge is 0.381 e. The second kappa shape index (κ2) is 5.18. The average molecular weight is 206 g/mol. The van der Waals surface area contributed by atoms with Crippen LogP contribution >= 0.6 is 11.6 Å². The highest BCUT2D eigenvalue weighted by Gasteiger charge is 2.18. The summed E-state index contributed by atoms with van der Waals surface area (Å²) in [6.07, 6.45) is 1.20. The van der Waals surface area contributed by atoms with E-state index in [1.165, 1.54) is 6.42 Å². The summed E-state index contributed by atoms with van der Waals surface area (Å²) < 4.78 is 5.30. The van der Waals surface area contributed by atoms with E-state index in [2.05, 4.69) is 19.2 Å². The monoisotopic (exact) mass is 205 g/mol. The molecule has 3 heteroatoms. The second-order valence-corrected chi connectivity index (χ2v) is 4.93. The van der Waals surface area contributed by atoms with E-state index in [4.69, 9.17) is 16.3 Å². The van der Waals surface area contributed by atoms with Gasteiger partial charge in [-0.2, -0.15) is 0 Å². The molecule has 1 aliphatic rings. The maximum Gasteiger partial charge on any atom is 0.0507 e. The minimum Gasteiger partial charge on any atom is -0.381 e. The molecule has 0 amide bonds. The van der Waals surface area contributed by atoms with Gasteiger partial charge < -0.3 is 10.1 Å². The quantitative estimate of drug-likeness (QED) is 0.693. The molecule has 0 saturated carbocycles. The van der Waals surface area contributed by atoms with Crippen LogP contribution < -0.4 is 5.32 Å². The average Bonchev–Trinajstić information content (AvgIpc) is 2.57. The zero-order chi connectivity index (χ0) is 9.73. The number of rotatable bonds is 5. The Hall–Kier alpha value is 0.210. The van der Waals surface area contributed by atoms with Gasteiger partial charge in [0.25, 0.3) is 0 Å². The molecule has 1 aliphatic heterocycles. The second-order valence-electron chi connectivity index (χ2n) is 4.66. The molecule has 0 aromatic heterocycles. The van der Waals surface area contributed by atoms with E-state index in [-0.39, 0.29) is 5.41 Å². The van der Waals surface area contributed by atoms with Gasteiger partial charge in [0.15, 0.2) is 0 Å². The highest BCUT2D eigenvalue weighted by molar-refractivity contribution is 6.18. The van der Waals surface area contributed by atoms with Gasteiger partial charge in [-0.1, -0.05) is 13.8 Å². The molecule has 13 heavy (non-hydrogen) atoms. The summed E-state index contributed by atoms with van der Waals surface area (Å²) in [5, 5.41) is 3.45. The third kappa shape index (κ3) is 4.30. The van der Waals surface area contributed by atoms with E-state index >= 15 is 0 Å². The Labute approximate surface area is 86.0 Å². The first-order chi connectivity index (χ1) is 6.14. The van der Waals surface area contributed by atoms with Gasteiger partial charge >= 0.3 is 0 Å². The van der Waals surface area contributed by atoms with Crippen molar-refractivity contribution in [3.8, 4) is 0 Å². The number of halogens is 1. The van der Waals surface area contributed by atoms with Crippen LogP contribution in [0.4, 0.5) is 0 Å². The lowest BCUT2D eigenvalue weighted by molar-refractivity contribution is 0.184. The van der Waals surface area contributed by atoms with Crippen LogP contribution in [0.3, 0.4) is 0 Å². The van der Waals surface area contributed by atoms with E-state index in [0.717, 1.165) is 26.3 Å². The van der Waals surface area contributed by atoms with Crippen molar-refractivity contribution in [3.05, 3.63) is 0 Å². The SMILES string of the molecule is CC(C)(CCl)CNCC1CCOC1. The predicted molar refractivity (Wildman–Crippen MR) is 56.3 cm³/mol. The highest BCUT2D eigenvalue weighted by atomic mass is 35.5. The molecule has 1 fully saturated rings. The Morgan fingerprint density at radius 1 is 1.54 bits per heavy atom. The number of alkyl halides is 1. The van der Waals surface area contributed by atoms with E-state index in [9.17, 15) is 0 Å². The molecule has 0 bridgehead atoms. The fourth-order valence-corrected chi connectivity index (χ4v) is 1.50. The maximum absolute atomic E-state index is 5.82. The number of nitrogens with one attached hydrogen (secondary N) is 1. The lowest BCUT2D eigenvalue weighted by atomic mass is 9.96. The van der Waals surface area contributed by atoms with E-state index in [1.54, 1.807) is 0 Å². The van der Waals surface area contributed by atoms with E-state index in [0.29, 0.717) is 11.8 Å². The van der Waals surface area contributed by atoms with Gasteiger partial charge in [-0.05, 0) is 17.8 Å². The molecule has 78 valence electrons. The molecule has 0 aromatic rings. The molecular formula is C10H20ClNO. The molecule has 1 saturated heterocycles. The van der Waals surface area contributed by atoms with Gasteiger partial charge in [-0.15, -0.1) is 11.6 Å². The number of ether oxygens (including phenoxy) is 1. The molecule has 1 unspecified atom stereocenters. The van der Waals surface area contributed by atoms with Crippen LogP contribution in [0.15, 0.2) is 0 Å². The summed E-state index contributed by atoms with van der Waals surface area (Å²) >= 11 is 5.82. The van der Waals surface area contributed by atoms with Crippen molar-refractivity contribution in [2.45, 2.75) is 20.3 Å². The first-order valence-electron chi connectivity index (χ1n) is 4.98. The van der Waals surface area contributed by atoms with Crippen molar-refractivity contribution in [2.24, 2.45) is 11.3 Å². The molecule has 1 atom stereocenters. The minimum absolute atomic E-state index is 0.209. The van der Waals surface area contributed by atoms with Crippen molar-refractivity contribution in [1.29, 1.82) is 0 Å². The first-order valence-corrected chi connectivity index (χ1v) is 5.52. The summed E-state index contributed by atoms with van der Waals surface area (Å²) in [7, 11) is 0. The Balaban J connectivity index is 2.06. The first kappa shape index (κ1) is 11.3. The predicted octanol–water partition coefficient (Wildman–Crippen LogP) is 1.88. The van der Waals surface area contributed by atoms with Crippen molar-refractivity contribution in [2.75, 3.05) is 32.2 Å². The number of hydrogen-bond donors (Lipinski definition) is 1. The topological polar surface area (TPSA) is 21.3 Å². The van der Waals surface area contributed by atoms with Crippen LogP contribution in [-0.2, 0) is 4.74 Å². The standard InChI is InChI=1S/C10H20ClNO/c1-10(2,7-11)8-12-5-9-3-4-13-6-9/h9,12H,3-8H2,1-2H3. The maximum atomic E-state index is 5.82. The normalized spacial score (nSPS) is 23.8. The minimum atomic E-state index is 0.209. The summed E-state index contributed by atoms with van der Waals surface area (Å²) in [6.45, 7) is 8.28. The lowest BCUT2D eigenvalue weighted by Gasteiger charge is -2.22. The molecule has 1 N–H and O–H groups in total. The lowest BCUT2D eigenvalue weighted by Crippen LogP contribution is -2.34. The van der Waals surface area contributed by atoms with Gasteiger partial charge in [0.05, 0.1) is 6.61 Å². The summed E-state index contributed by atoms with van der Waals surface area (Å²) in [5.41, 5.74) is 0.209. The molecule has 1 heterocycles. The van der Waals surface area contributed by atoms with Crippen molar-refractivity contribution in [3.63, 3.8) is 0 Å². The molecule has 0 radical (unpaired) electrons. The third-order valence-electron chi connectivity index (χ3n) is 2.42. The van der Waals surface area contributed by atoms with Crippen LogP contribution in [0.1, 0.15) is 20.3 Å². The van der Waals surface area contributed by atoms with Gasteiger partial charge in [0, 0.05) is 25.6 Å². The fourth-order valence-electron chi connectivity index (χ4n) is 1.41. The smallest absolute Gasteiger partial charge is 0.0507 e. The molecule has 1 rings (SSSR count). The number of hydrogen-bond acceptors (Lipinski definition) is 2. The molecule has 0 aromatic carbocycles. The Kier molecular flexibility index (Phi) is 4.50. The molecule has 2 nitrogen and oxygen atoms in total. The van der Waals surface area contributed by atoms with Crippen LogP contribution in [0.5, 0.6) is 0 Å².